The van der Waals surface area contributed by atoms with Crippen LogP contribution >= 0.6 is 0 Å². The highest BCUT2D eigenvalue weighted by Gasteiger charge is 2.16. The Morgan fingerprint density at radius 3 is 2.32 bits per heavy atom. The number of rotatable bonds is 7. The summed E-state index contributed by atoms with van der Waals surface area (Å²) in [5.41, 5.74) is 4.40. The molecule has 0 bridgehead atoms. The lowest BCUT2D eigenvalue weighted by Gasteiger charge is -2.26. The normalized spacial score (nSPS) is 11.4. The van der Waals surface area contributed by atoms with Crippen molar-refractivity contribution in [2.45, 2.75) is 46.6 Å². The lowest BCUT2D eigenvalue weighted by atomic mass is 9.97. The average Bonchev–Trinajstić information content (AvgIpc) is 2.68. The molecule has 2 aromatic rings. The maximum absolute atomic E-state index is 12.9. The Hall–Kier alpha value is -2.40. The number of hydrogen-bond donors (Lipinski definition) is 2. The summed E-state index contributed by atoms with van der Waals surface area (Å²) in [5, 5.41) is 5.63. The van der Waals surface area contributed by atoms with E-state index in [4.69, 9.17) is 0 Å². The fourth-order valence-electron chi connectivity index (χ4n) is 2.93. The summed E-state index contributed by atoms with van der Waals surface area (Å²) in [6, 6.07) is 12.0. The van der Waals surface area contributed by atoms with Crippen molar-refractivity contribution in [1.29, 1.82) is 0 Å². The first-order valence-corrected chi connectivity index (χ1v) is 9.97. The fraction of sp³-hybridized carbons (Fsp3) is 0.435. The van der Waals surface area contributed by atoms with E-state index in [0.717, 1.165) is 12.8 Å². The quantitative estimate of drug-likeness (QED) is 0.655. The maximum atomic E-state index is 12.9. The average molecular weight is 388 g/mol. The van der Waals surface area contributed by atoms with Gasteiger partial charge in [0, 0.05) is 12.2 Å². The number of likely N-dealkylation sites (N-methyl/N-ethyl adjacent to an activating group) is 1. The Labute approximate surface area is 169 Å². The molecule has 154 valence electrons. The highest BCUT2D eigenvalue weighted by atomic mass is 19.1. The third-order valence-electron chi connectivity index (χ3n) is 4.46. The molecule has 0 saturated heterocycles. The van der Waals surface area contributed by atoms with E-state index in [0.29, 0.717) is 12.2 Å². The van der Waals surface area contributed by atoms with Crippen molar-refractivity contribution in [3.8, 4) is 0 Å². The Bertz CT molecular complexity index is 729. The molecule has 2 N–H and O–H groups in total. The lowest BCUT2D eigenvalue weighted by Crippen LogP contribution is -2.37. The van der Waals surface area contributed by atoms with Gasteiger partial charge in [-0.15, -0.1) is 0 Å². The van der Waals surface area contributed by atoms with E-state index < -0.39 is 0 Å². The number of halogens is 1. The van der Waals surface area contributed by atoms with Crippen LogP contribution in [0.1, 0.15) is 49.9 Å². The van der Waals surface area contributed by atoms with Crippen molar-refractivity contribution in [3.05, 3.63) is 65.0 Å². The Morgan fingerprint density at radius 2 is 1.75 bits per heavy atom. The maximum Gasteiger partial charge on any atom is 0.319 e. The molecule has 5 heteroatoms. The van der Waals surface area contributed by atoms with Crippen LogP contribution in [0.2, 0.25) is 0 Å². The molecule has 0 heterocycles. The van der Waals surface area contributed by atoms with Crippen LogP contribution < -0.4 is 10.6 Å². The van der Waals surface area contributed by atoms with Gasteiger partial charge in [0.05, 0.1) is 6.04 Å². The molecule has 1 atom stereocenters. The second kappa shape index (κ2) is 12.1. The number of benzene rings is 2. The molecule has 0 saturated carbocycles. The molecule has 0 aromatic heterocycles. The Morgan fingerprint density at radius 1 is 1.11 bits per heavy atom. The largest absolute Gasteiger partial charge is 0.336 e. The molecule has 0 radical (unpaired) electrons. The van der Waals surface area contributed by atoms with Gasteiger partial charge in [-0.3, -0.25) is 0 Å². The van der Waals surface area contributed by atoms with E-state index in [1.807, 2.05) is 27.9 Å². The van der Waals surface area contributed by atoms with Crippen LogP contribution in [0.3, 0.4) is 0 Å². The van der Waals surface area contributed by atoms with Gasteiger partial charge in [0.2, 0.25) is 0 Å². The van der Waals surface area contributed by atoms with Crippen molar-refractivity contribution in [2.75, 3.05) is 26.0 Å². The summed E-state index contributed by atoms with van der Waals surface area (Å²) in [6.07, 6.45) is 2.16. The van der Waals surface area contributed by atoms with E-state index in [9.17, 15) is 9.18 Å². The zero-order valence-corrected chi connectivity index (χ0v) is 18.0. The molecule has 2 aromatic carbocycles. The highest BCUT2D eigenvalue weighted by molar-refractivity contribution is 5.89. The molecule has 0 spiro atoms. The van der Waals surface area contributed by atoms with Gasteiger partial charge in [0.15, 0.2) is 0 Å². The zero-order chi connectivity index (χ0) is 21.1. The molecular formula is C23H34FN3O. The van der Waals surface area contributed by atoms with Crippen molar-refractivity contribution in [2.24, 2.45) is 0 Å². The van der Waals surface area contributed by atoms with E-state index in [-0.39, 0.29) is 17.9 Å². The monoisotopic (exact) mass is 387 g/mol. The number of nitrogens with one attached hydrogen (secondary N) is 2. The number of nitrogens with zero attached hydrogens (tertiary/aromatic N) is 1. The standard InChI is InChI=1S/C21H28FN3O.C2H6/c1-5-6-16-13-17(8-7-15(16)2)20(25(3)4)14-23-21(26)24-19-11-9-18(22)10-12-19;1-2/h7-13,20H,5-6,14H2,1-4H3,(H2,23,24,26);1-2H3. The summed E-state index contributed by atoms with van der Waals surface area (Å²) >= 11 is 0. The van der Waals surface area contributed by atoms with E-state index in [1.165, 1.54) is 41.0 Å². The molecule has 0 aliphatic rings. The third-order valence-corrected chi connectivity index (χ3v) is 4.46. The molecule has 0 fully saturated rings. The van der Waals surface area contributed by atoms with E-state index in [1.54, 1.807) is 0 Å². The number of urea groups is 1. The topological polar surface area (TPSA) is 44.4 Å². The van der Waals surface area contributed by atoms with Gasteiger partial charge in [-0.2, -0.15) is 0 Å². The van der Waals surface area contributed by atoms with Crippen LogP contribution in [-0.4, -0.2) is 31.6 Å². The second-order valence-corrected chi connectivity index (χ2v) is 6.76. The first kappa shape index (κ1) is 23.6. The van der Waals surface area contributed by atoms with Gasteiger partial charge in [-0.25, -0.2) is 9.18 Å². The number of anilines is 1. The lowest BCUT2D eigenvalue weighted by molar-refractivity contribution is 0.243. The number of amides is 2. The number of hydrogen-bond acceptors (Lipinski definition) is 2. The van der Waals surface area contributed by atoms with Gasteiger partial charge in [-0.1, -0.05) is 45.4 Å². The van der Waals surface area contributed by atoms with Gasteiger partial charge in [-0.05, 0) is 68.4 Å². The highest BCUT2D eigenvalue weighted by Crippen LogP contribution is 2.22. The van der Waals surface area contributed by atoms with Crippen molar-refractivity contribution >= 4 is 11.7 Å². The van der Waals surface area contributed by atoms with Crippen LogP contribution in [0.5, 0.6) is 0 Å². The Balaban J connectivity index is 0.00000190. The van der Waals surface area contributed by atoms with Gasteiger partial charge < -0.3 is 15.5 Å². The first-order valence-electron chi connectivity index (χ1n) is 9.97. The number of aryl methyl sites for hydroxylation is 2. The smallest absolute Gasteiger partial charge is 0.319 e. The van der Waals surface area contributed by atoms with Crippen LogP contribution in [0, 0.1) is 12.7 Å². The van der Waals surface area contributed by atoms with Crippen molar-refractivity contribution in [3.63, 3.8) is 0 Å². The van der Waals surface area contributed by atoms with Crippen LogP contribution in [-0.2, 0) is 6.42 Å². The van der Waals surface area contributed by atoms with Gasteiger partial charge in [0.25, 0.3) is 0 Å². The minimum atomic E-state index is -0.328. The van der Waals surface area contributed by atoms with E-state index in [2.05, 4.69) is 47.6 Å². The van der Waals surface area contributed by atoms with Crippen molar-refractivity contribution in [1.82, 2.24) is 10.2 Å². The number of carbonyl (C=O) groups is 1. The first-order chi connectivity index (χ1) is 13.4. The second-order valence-electron chi connectivity index (χ2n) is 6.76. The molecule has 0 aliphatic carbocycles. The molecule has 28 heavy (non-hydrogen) atoms. The predicted molar refractivity (Wildman–Crippen MR) is 116 cm³/mol. The minimum absolute atomic E-state index is 0.0742. The van der Waals surface area contributed by atoms with Crippen LogP contribution in [0.15, 0.2) is 42.5 Å². The molecule has 2 amide bonds. The SMILES string of the molecule is CC.CCCc1cc(C(CNC(=O)Nc2ccc(F)cc2)N(C)C)ccc1C. The van der Waals surface area contributed by atoms with Crippen LogP contribution in [0.4, 0.5) is 14.9 Å². The molecule has 4 nitrogen and oxygen atoms in total. The molecule has 0 aliphatic heterocycles. The summed E-state index contributed by atoms with van der Waals surface area (Å²) in [7, 11) is 4.01. The molecule has 2 rings (SSSR count). The summed E-state index contributed by atoms with van der Waals surface area (Å²) in [6.45, 7) is 8.79. The summed E-state index contributed by atoms with van der Waals surface area (Å²) in [5.74, 6) is -0.328. The van der Waals surface area contributed by atoms with Gasteiger partial charge in [0.1, 0.15) is 5.82 Å². The minimum Gasteiger partial charge on any atom is -0.336 e. The zero-order valence-electron chi connectivity index (χ0n) is 18.0. The molecular weight excluding hydrogens is 353 g/mol. The third kappa shape index (κ3) is 7.31. The van der Waals surface area contributed by atoms with Crippen molar-refractivity contribution < 1.29 is 9.18 Å². The fourth-order valence-corrected chi connectivity index (χ4v) is 2.93. The number of carbonyl (C=O) groups excluding carboxylic acids is 1. The van der Waals surface area contributed by atoms with E-state index >= 15 is 0 Å². The molecule has 1 unspecified atom stereocenters. The predicted octanol–water partition coefficient (Wildman–Crippen LogP) is 5.54. The summed E-state index contributed by atoms with van der Waals surface area (Å²) in [4.78, 5) is 14.2. The summed E-state index contributed by atoms with van der Waals surface area (Å²) < 4.78 is 12.9. The van der Waals surface area contributed by atoms with Crippen LogP contribution in [0.25, 0.3) is 0 Å². The van der Waals surface area contributed by atoms with Gasteiger partial charge >= 0.3 is 6.03 Å². The Kier molecular flexibility index (Phi) is 10.2.